The average Bonchev–Trinajstić information content (AvgIpc) is 2.39. The number of benzene rings is 1. The first-order valence-electron chi connectivity index (χ1n) is 6.31. The first kappa shape index (κ1) is 17.5. The molecule has 2 unspecified atom stereocenters. The summed E-state index contributed by atoms with van der Waals surface area (Å²) in [6.07, 6.45) is -3.94. The molecule has 0 saturated carbocycles. The summed E-state index contributed by atoms with van der Waals surface area (Å²) in [6.45, 7) is 3.31. The van der Waals surface area contributed by atoms with Gasteiger partial charge < -0.3 is 11.1 Å². The topological polar surface area (TPSA) is 72.2 Å². The molecule has 21 heavy (non-hydrogen) atoms. The molecule has 0 bridgehead atoms. The van der Waals surface area contributed by atoms with E-state index in [1.165, 1.54) is 13.0 Å². The molecule has 118 valence electrons. The second-order valence-corrected chi connectivity index (χ2v) is 6.39. The minimum atomic E-state index is -4.60. The molecule has 1 amide bonds. The number of rotatable bonds is 5. The smallest absolute Gasteiger partial charge is 0.398 e. The van der Waals surface area contributed by atoms with Gasteiger partial charge in [0, 0.05) is 27.9 Å². The van der Waals surface area contributed by atoms with Crippen molar-refractivity contribution in [3.63, 3.8) is 0 Å². The lowest BCUT2D eigenvalue weighted by Gasteiger charge is -2.14. The number of alkyl halides is 3. The van der Waals surface area contributed by atoms with Crippen LogP contribution in [0.1, 0.15) is 25.8 Å². The van der Waals surface area contributed by atoms with Crippen molar-refractivity contribution in [2.75, 3.05) is 16.8 Å². The first-order chi connectivity index (χ1) is 9.66. The SMILES string of the molecule is CCCS(=O)C(C)C(=O)Nc1ccc(N)c(C(F)(F)F)c1. The van der Waals surface area contributed by atoms with Crippen molar-refractivity contribution >= 4 is 28.1 Å². The summed E-state index contributed by atoms with van der Waals surface area (Å²) in [5, 5.41) is 1.54. The number of nitrogens with two attached hydrogens (primary N) is 1. The van der Waals surface area contributed by atoms with Crippen LogP contribution >= 0.6 is 0 Å². The van der Waals surface area contributed by atoms with E-state index in [-0.39, 0.29) is 5.69 Å². The molecule has 1 aromatic rings. The highest BCUT2D eigenvalue weighted by Gasteiger charge is 2.33. The summed E-state index contributed by atoms with van der Waals surface area (Å²) in [4.78, 5) is 11.9. The Morgan fingerprint density at radius 3 is 2.57 bits per heavy atom. The van der Waals surface area contributed by atoms with Crippen molar-refractivity contribution in [1.29, 1.82) is 0 Å². The lowest BCUT2D eigenvalue weighted by Crippen LogP contribution is -2.30. The van der Waals surface area contributed by atoms with Gasteiger partial charge in [-0.2, -0.15) is 13.2 Å². The van der Waals surface area contributed by atoms with Crippen molar-refractivity contribution in [2.24, 2.45) is 0 Å². The second-order valence-electron chi connectivity index (χ2n) is 4.52. The molecule has 1 aromatic carbocycles. The lowest BCUT2D eigenvalue weighted by molar-refractivity contribution is -0.136. The third-order valence-electron chi connectivity index (χ3n) is 2.80. The van der Waals surface area contributed by atoms with Crippen molar-refractivity contribution in [3.05, 3.63) is 23.8 Å². The van der Waals surface area contributed by atoms with Crippen LogP contribution < -0.4 is 11.1 Å². The summed E-state index contributed by atoms with van der Waals surface area (Å²) in [6, 6.07) is 3.12. The highest BCUT2D eigenvalue weighted by Crippen LogP contribution is 2.35. The quantitative estimate of drug-likeness (QED) is 0.819. The van der Waals surface area contributed by atoms with Gasteiger partial charge in [0.05, 0.1) is 5.56 Å². The maximum Gasteiger partial charge on any atom is 0.418 e. The third kappa shape index (κ3) is 4.73. The summed E-state index contributed by atoms with van der Waals surface area (Å²) >= 11 is 0. The third-order valence-corrected chi connectivity index (χ3v) is 4.61. The van der Waals surface area contributed by atoms with Crippen LogP contribution in [0, 0.1) is 0 Å². The van der Waals surface area contributed by atoms with Gasteiger partial charge in [0.1, 0.15) is 5.25 Å². The molecule has 0 heterocycles. The van der Waals surface area contributed by atoms with E-state index in [2.05, 4.69) is 5.32 Å². The standard InChI is InChI=1S/C13H17F3N2O2S/c1-3-6-21(20)8(2)12(19)18-9-4-5-11(17)10(7-9)13(14,15)16/h4-5,7-8H,3,6,17H2,1-2H3,(H,18,19). The van der Waals surface area contributed by atoms with Gasteiger partial charge in [-0.05, 0) is 31.5 Å². The Hall–Kier alpha value is -1.57. The van der Waals surface area contributed by atoms with E-state index in [4.69, 9.17) is 5.73 Å². The van der Waals surface area contributed by atoms with Gasteiger partial charge >= 0.3 is 6.18 Å². The molecule has 0 aliphatic rings. The minimum absolute atomic E-state index is 0.0260. The van der Waals surface area contributed by atoms with E-state index in [0.717, 1.165) is 12.1 Å². The van der Waals surface area contributed by atoms with Gasteiger partial charge in [-0.3, -0.25) is 9.00 Å². The van der Waals surface area contributed by atoms with Crippen molar-refractivity contribution in [3.8, 4) is 0 Å². The number of carbonyl (C=O) groups is 1. The summed E-state index contributed by atoms with van der Waals surface area (Å²) in [7, 11) is -1.35. The zero-order valence-corrected chi connectivity index (χ0v) is 12.5. The van der Waals surface area contributed by atoms with Crippen LogP contribution in [0.2, 0.25) is 0 Å². The molecule has 3 N–H and O–H groups in total. The molecule has 0 fully saturated rings. The molecule has 0 spiro atoms. The largest absolute Gasteiger partial charge is 0.418 e. The van der Waals surface area contributed by atoms with Crippen molar-refractivity contribution < 1.29 is 22.2 Å². The van der Waals surface area contributed by atoms with Crippen LogP contribution in [-0.2, 0) is 21.8 Å². The maximum atomic E-state index is 12.7. The number of hydrogen-bond donors (Lipinski definition) is 2. The van der Waals surface area contributed by atoms with Crippen LogP contribution in [-0.4, -0.2) is 21.1 Å². The highest BCUT2D eigenvalue weighted by molar-refractivity contribution is 7.86. The predicted octanol–water partition coefficient (Wildman–Crippen LogP) is 2.77. The van der Waals surface area contributed by atoms with Crippen LogP contribution in [0.4, 0.5) is 24.5 Å². The molecule has 0 aliphatic heterocycles. The lowest BCUT2D eigenvalue weighted by atomic mass is 10.1. The van der Waals surface area contributed by atoms with E-state index >= 15 is 0 Å². The maximum absolute atomic E-state index is 12.7. The Balaban J connectivity index is 2.89. The fraction of sp³-hybridized carbons (Fsp3) is 0.462. The molecule has 0 radical (unpaired) electrons. The van der Waals surface area contributed by atoms with E-state index in [0.29, 0.717) is 12.2 Å². The number of carbonyl (C=O) groups excluding carboxylic acids is 1. The summed E-state index contributed by atoms with van der Waals surface area (Å²) in [5.74, 6) is -0.218. The Kier molecular flexibility index (Phi) is 5.77. The fourth-order valence-corrected chi connectivity index (χ4v) is 2.67. The average molecular weight is 322 g/mol. The van der Waals surface area contributed by atoms with Gasteiger partial charge in [-0.1, -0.05) is 6.92 Å². The summed E-state index contributed by atoms with van der Waals surface area (Å²) < 4.78 is 49.8. The van der Waals surface area contributed by atoms with Gasteiger partial charge in [-0.25, -0.2) is 0 Å². The van der Waals surface area contributed by atoms with Gasteiger partial charge in [0.25, 0.3) is 0 Å². The molecule has 0 aliphatic carbocycles. The van der Waals surface area contributed by atoms with Gasteiger partial charge in [0.2, 0.25) is 5.91 Å². The second kappa shape index (κ2) is 6.93. The molecule has 2 atom stereocenters. The number of amides is 1. The van der Waals surface area contributed by atoms with Crippen molar-refractivity contribution in [2.45, 2.75) is 31.7 Å². The Morgan fingerprint density at radius 1 is 1.43 bits per heavy atom. The monoisotopic (exact) mass is 322 g/mol. The number of nitrogens with one attached hydrogen (secondary N) is 1. The Labute approximate surface area is 123 Å². The molecule has 8 heteroatoms. The zero-order valence-electron chi connectivity index (χ0n) is 11.7. The van der Waals surface area contributed by atoms with E-state index in [1.807, 2.05) is 6.92 Å². The molecular weight excluding hydrogens is 305 g/mol. The van der Waals surface area contributed by atoms with Gasteiger partial charge in [-0.15, -0.1) is 0 Å². The number of hydrogen-bond acceptors (Lipinski definition) is 3. The van der Waals surface area contributed by atoms with Gasteiger partial charge in [0.15, 0.2) is 0 Å². The van der Waals surface area contributed by atoms with Crippen LogP contribution in [0.15, 0.2) is 18.2 Å². The number of nitrogen functional groups attached to an aromatic ring is 1. The van der Waals surface area contributed by atoms with E-state index in [9.17, 15) is 22.2 Å². The van der Waals surface area contributed by atoms with E-state index < -0.39 is 39.4 Å². The molecule has 0 saturated heterocycles. The normalized spacial score (nSPS) is 14.5. The van der Waals surface area contributed by atoms with Crippen LogP contribution in [0.5, 0.6) is 0 Å². The first-order valence-corrected chi connectivity index (χ1v) is 7.69. The summed E-state index contributed by atoms with van der Waals surface area (Å²) in [5.41, 5.74) is 3.82. The van der Waals surface area contributed by atoms with Crippen LogP contribution in [0.25, 0.3) is 0 Å². The molecule has 1 rings (SSSR count). The fourth-order valence-electron chi connectivity index (χ4n) is 1.62. The number of halogens is 3. The van der Waals surface area contributed by atoms with Crippen molar-refractivity contribution in [1.82, 2.24) is 0 Å². The predicted molar refractivity (Wildman–Crippen MR) is 77.2 cm³/mol. The molecule has 4 nitrogen and oxygen atoms in total. The molecular formula is C13H17F3N2O2S. The van der Waals surface area contributed by atoms with Crippen LogP contribution in [0.3, 0.4) is 0 Å². The zero-order chi connectivity index (χ0) is 16.2. The molecule has 0 aromatic heterocycles. The Bertz CT molecular complexity index is 547. The highest BCUT2D eigenvalue weighted by atomic mass is 32.2. The Morgan fingerprint density at radius 2 is 2.05 bits per heavy atom. The minimum Gasteiger partial charge on any atom is -0.398 e. The van der Waals surface area contributed by atoms with E-state index in [1.54, 1.807) is 0 Å². The number of anilines is 2.